The van der Waals surface area contributed by atoms with E-state index >= 15 is 0 Å². The molecule has 1 atom stereocenters. The van der Waals surface area contributed by atoms with E-state index in [-0.39, 0.29) is 0 Å². The maximum atomic E-state index is 4.30. The first-order valence-corrected chi connectivity index (χ1v) is 5.91. The van der Waals surface area contributed by atoms with E-state index in [9.17, 15) is 0 Å². The Morgan fingerprint density at radius 1 is 1.27 bits per heavy atom. The molecule has 0 aliphatic heterocycles. The monoisotopic (exact) mass is 206 g/mol. The molecule has 2 nitrogen and oxygen atoms in total. The van der Waals surface area contributed by atoms with Gasteiger partial charge in [-0.25, -0.2) is 0 Å². The summed E-state index contributed by atoms with van der Waals surface area (Å²) in [6, 6.07) is 6.62. The molecule has 0 amide bonds. The van der Waals surface area contributed by atoms with E-state index in [4.69, 9.17) is 0 Å². The van der Waals surface area contributed by atoms with Crippen LogP contribution in [0.1, 0.15) is 39.3 Å². The van der Waals surface area contributed by atoms with Gasteiger partial charge in [-0.3, -0.25) is 4.98 Å². The molecule has 1 aromatic rings. The smallest absolute Gasteiger partial charge is 0.0541 e. The van der Waals surface area contributed by atoms with Gasteiger partial charge in [0.25, 0.3) is 0 Å². The van der Waals surface area contributed by atoms with E-state index in [2.05, 4.69) is 37.1 Å². The second-order valence-electron chi connectivity index (χ2n) is 4.07. The molecule has 84 valence electrons. The highest BCUT2D eigenvalue weighted by Gasteiger charge is 2.12. The van der Waals surface area contributed by atoms with Gasteiger partial charge >= 0.3 is 0 Å². The van der Waals surface area contributed by atoms with Crippen LogP contribution in [0, 0.1) is 5.92 Å². The summed E-state index contributed by atoms with van der Waals surface area (Å²) in [5.41, 5.74) is 1.12. The fourth-order valence-corrected chi connectivity index (χ4v) is 1.93. The van der Waals surface area contributed by atoms with Gasteiger partial charge in [0.1, 0.15) is 0 Å². The van der Waals surface area contributed by atoms with Crippen LogP contribution in [0.5, 0.6) is 0 Å². The Kier molecular flexibility index (Phi) is 5.33. The zero-order chi connectivity index (χ0) is 11.1. The number of rotatable bonds is 6. The minimum Gasteiger partial charge on any atom is -0.308 e. The van der Waals surface area contributed by atoms with Crippen molar-refractivity contribution < 1.29 is 0 Å². The third-order valence-electron chi connectivity index (χ3n) is 3.09. The Labute approximate surface area is 93.1 Å². The Hall–Kier alpha value is -0.890. The summed E-state index contributed by atoms with van der Waals surface area (Å²) in [7, 11) is 0. The summed E-state index contributed by atoms with van der Waals surface area (Å²) >= 11 is 0. The summed E-state index contributed by atoms with van der Waals surface area (Å²) in [4.78, 5) is 4.30. The van der Waals surface area contributed by atoms with Gasteiger partial charge in [0.15, 0.2) is 0 Å². The fraction of sp³-hybridized carbons (Fsp3) is 0.615. The van der Waals surface area contributed by atoms with E-state index in [0.717, 1.165) is 18.2 Å². The van der Waals surface area contributed by atoms with Gasteiger partial charge in [-0.1, -0.05) is 32.8 Å². The van der Waals surface area contributed by atoms with Crippen LogP contribution in [0.25, 0.3) is 0 Å². The van der Waals surface area contributed by atoms with Crippen molar-refractivity contribution in [3.8, 4) is 0 Å². The molecule has 1 unspecified atom stereocenters. The second kappa shape index (κ2) is 6.57. The third kappa shape index (κ3) is 4.00. The molecule has 0 saturated heterocycles. The summed E-state index contributed by atoms with van der Waals surface area (Å²) in [6.45, 7) is 7.65. The molecule has 0 aliphatic rings. The average Bonchev–Trinajstić information content (AvgIpc) is 2.29. The largest absolute Gasteiger partial charge is 0.308 e. The Bertz CT molecular complexity index is 254. The van der Waals surface area contributed by atoms with E-state index in [1.165, 1.54) is 12.8 Å². The quantitative estimate of drug-likeness (QED) is 0.774. The van der Waals surface area contributed by atoms with Gasteiger partial charge in [-0.15, -0.1) is 0 Å². The Balaban J connectivity index is 2.36. The van der Waals surface area contributed by atoms with Crippen molar-refractivity contribution in [3.63, 3.8) is 0 Å². The average molecular weight is 206 g/mol. The molecular weight excluding hydrogens is 184 g/mol. The molecule has 0 aromatic carbocycles. The van der Waals surface area contributed by atoms with Gasteiger partial charge < -0.3 is 5.32 Å². The highest BCUT2D eigenvalue weighted by molar-refractivity contribution is 5.03. The topological polar surface area (TPSA) is 24.9 Å². The van der Waals surface area contributed by atoms with Crippen LogP contribution in [-0.2, 0) is 6.54 Å². The lowest BCUT2D eigenvalue weighted by atomic mass is 9.95. The van der Waals surface area contributed by atoms with Gasteiger partial charge in [0.05, 0.1) is 5.69 Å². The minimum absolute atomic E-state index is 0.571. The number of hydrogen-bond donors (Lipinski definition) is 1. The maximum Gasteiger partial charge on any atom is 0.0541 e. The third-order valence-corrected chi connectivity index (χ3v) is 3.09. The normalized spacial score (nSPS) is 13.1. The van der Waals surface area contributed by atoms with E-state index in [0.29, 0.717) is 6.04 Å². The van der Waals surface area contributed by atoms with Crippen LogP contribution in [0.2, 0.25) is 0 Å². The lowest BCUT2D eigenvalue weighted by molar-refractivity contribution is 0.352. The highest BCUT2D eigenvalue weighted by atomic mass is 14.9. The predicted molar refractivity (Wildman–Crippen MR) is 64.6 cm³/mol. The highest BCUT2D eigenvalue weighted by Crippen LogP contribution is 2.12. The summed E-state index contributed by atoms with van der Waals surface area (Å²) in [6.07, 6.45) is 4.33. The van der Waals surface area contributed by atoms with Crippen LogP contribution in [0.4, 0.5) is 0 Å². The van der Waals surface area contributed by atoms with Crippen LogP contribution in [0.3, 0.4) is 0 Å². The molecule has 15 heavy (non-hydrogen) atoms. The lowest BCUT2D eigenvalue weighted by Gasteiger charge is -2.22. The van der Waals surface area contributed by atoms with E-state index < -0.39 is 0 Å². The molecule has 1 rings (SSSR count). The second-order valence-corrected chi connectivity index (χ2v) is 4.07. The van der Waals surface area contributed by atoms with Crippen molar-refractivity contribution in [2.45, 2.75) is 46.2 Å². The van der Waals surface area contributed by atoms with E-state index in [1.54, 1.807) is 0 Å². The van der Waals surface area contributed by atoms with Crippen LogP contribution in [-0.4, -0.2) is 11.0 Å². The lowest BCUT2D eigenvalue weighted by Crippen LogP contribution is -2.32. The predicted octanol–water partition coefficient (Wildman–Crippen LogP) is 3.00. The van der Waals surface area contributed by atoms with Crippen LogP contribution in [0.15, 0.2) is 24.4 Å². The number of nitrogens with one attached hydrogen (secondary N) is 1. The molecule has 0 bridgehead atoms. The molecule has 0 aliphatic carbocycles. The first kappa shape index (κ1) is 12.2. The molecular formula is C13H22N2. The zero-order valence-corrected chi connectivity index (χ0v) is 10.0. The van der Waals surface area contributed by atoms with Crippen LogP contribution >= 0.6 is 0 Å². The first-order chi connectivity index (χ1) is 7.27. The SMILES string of the molecule is CCC(CC)C(C)NCc1ccccn1. The van der Waals surface area contributed by atoms with Crippen molar-refractivity contribution >= 4 is 0 Å². The minimum atomic E-state index is 0.571. The zero-order valence-electron chi connectivity index (χ0n) is 10.0. The summed E-state index contributed by atoms with van der Waals surface area (Å²) in [5.74, 6) is 0.772. The number of pyridine rings is 1. The fourth-order valence-electron chi connectivity index (χ4n) is 1.93. The van der Waals surface area contributed by atoms with Crippen molar-refractivity contribution in [2.75, 3.05) is 0 Å². The van der Waals surface area contributed by atoms with Gasteiger partial charge in [0, 0.05) is 18.8 Å². The summed E-state index contributed by atoms with van der Waals surface area (Å²) < 4.78 is 0. The molecule has 0 spiro atoms. The van der Waals surface area contributed by atoms with Gasteiger partial charge in [0.2, 0.25) is 0 Å². The number of aromatic nitrogens is 1. The Morgan fingerprint density at radius 2 is 2.00 bits per heavy atom. The van der Waals surface area contributed by atoms with Gasteiger partial charge in [-0.05, 0) is 25.0 Å². The molecule has 2 heteroatoms. The van der Waals surface area contributed by atoms with E-state index in [1.807, 2.05) is 18.3 Å². The van der Waals surface area contributed by atoms with Gasteiger partial charge in [-0.2, -0.15) is 0 Å². The number of hydrogen-bond acceptors (Lipinski definition) is 2. The van der Waals surface area contributed by atoms with Crippen LogP contribution < -0.4 is 5.32 Å². The summed E-state index contributed by atoms with van der Waals surface area (Å²) in [5, 5.41) is 3.54. The molecule has 1 aromatic heterocycles. The number of nitrogens with zero attached hydrogens (tertiary/aromatic N) is 1. The van der Waals surface area contributed by atoms with Crippen molar-refractivity contribution in [1.29, 1.82) is 0 Å². The van der Waals surface area contributed by atoms with Crippen molar-refractivity contribution in [1.82, 2.24) is 10.3 Å². The molecule has 0 fully saturated rings. The Morgan fingerprint density at radius 3 is 2.53 bits per heavy atom. The molecule has 1 heterocycles. The molecule has 0 saturated carbocycles. The molecule has 1 N–H and O–H groups in total. The first-order valence-electron chi connectivity index (χ1n) is 5.91. The van der Waals surface area contributed by atoms with Crippen molar-refractivity contribution in [2.24, 2.45) is 5.92 Å². The maximum absolute atomic E-state index is 4.30. The standard InChI is InChI=1S/C13H22N2/c1-4-12(5-2)11(3)15-10-13-8-6-7-9-14-13/h6-9,11-12,15H,4-5,10H2,1-3H3. The van der Waals surface area contributed by atoms with Crippen molar-refractivity contribution in [3.05, 3.63) is 30.1 Å². The molecule has 0 radical (unpaired) electrons.